The van der Waals surface area contributed by atoms with E-state index in [1.807, 2.05) is 18.2 Å². The molecule has 0 bridgehead atoms. The van der Waals surface area contributed by atoms with E-state index < -0.39 is 7.05 Å². The van der Waals surface area contributed by atoms with Gasteiger partial charge in [-0.3, -0.25) is 4.79 Å². The first-order valence-electron chi connectivity index (χ1n) is 7.01. The fourth-order valence-electron chi connectivity index (χ4n) is 2.93. The van der Waals surface area contributed by atoms with Crippen molar-refractivity contribution in [3.05, 3.63) is 27.3 Å². The second kappa shape index (κ2) is 5.85. The molecule has 0 unspecified atom stereocenters. The van der Waals surface area contributed by atoms with Crippen LogP contribution in [0.15, 0.2) is 23.3 Å². The molecule has 6 heteroatoms. The lowest BCUT2D eigenvalue weighted by molar-refractivity contribution is -0.132. The topological polar surface area (TPSA) is 52.9 Å². The van der Waals surface area contributed by atoms with Crippen molar-refractivity contribution in [2.45, 2.75) is 32.1 Å². The molecule has 104 valence electrons. The third-order valence-corrected chi connectivity index (χ3v) is 4.73. The summed E-state index contributed by atoms with van der Waals surface area (Å²) in [5.41, 5.74) is 1.64. The van der Waals surface area contributed by atoms with Crippen LogP contribution < -0.4 is 5.46 Å². The van der Waals surface area contributed by atoms with E-state index in [1.165, 1.54) is 11.3 Å². The van der Waals surface area contributed by atoms with Crippen molar-refractivity contribution in [2.75, 3.05) is 0 Å². The van der Waals surface area contributed by atoms with Crippen molar-refractivity contribution < 1.29 is 9.82 Å². The maximum Gasteiger partial charge on any atom is 0.474 e. The molecule has 1 fully saturated rings. The van der Waals surface area contributed by atoms with Gasteiger partial charge in [-0.05, 0) is 58.6 Å². The van der Waals surface area contributed by atoms with Gasteiger partial charge in [0, 0.05) is 9.49 Å². The standard InChI is InChI=1S/C14H16BIN2O2/c16-12-6-7-13-11(8-12)9-17-18(15(13)20)14(19)10-4-2-1-3-5-10/h6-10,20H,1-5H2. The highest BCUT2D eigenvalue weighted by atomic mass is 127. The van der Waals surface area contributed by atoms with E-state index in [2.05, 4.69) is 27.7 Å². The van der Waals surface area contributed by atoms with Crippen LogP contribution in [-0.2, 0) is 4.79 Å². The molecule has 1 heterocycles. The van der Waals surface area contributed by atoms with Gasteiger partial charge in [-0.1, -0.05) is 25.3 Å². The molecule has 3 rings (SSSR count). The molecule has 1 aliphatic heterocycles. The van der Waals surface area contributed by atoms with Crippen molar-refractivity contribution in [2.24, 2.45) is 11.0 Å². The molecule has 0 aromatic heterocycles. The van der Waals surface area contributed by atoms with E-state index >= 15 is 0 Å². The SMILES string of the molecule is O=C(C1CCCCC1)N1N=Cc2cc(I)ccc2B1O. The number of amides is 1. The summed E-state index contributed by atoms with van der Waals surface area (Å²) in [6.45, 7) is 0. The second-order valence-corrected chi connectivity index (χ2v) is 6.65. The summed E-state index contributed by atoms with van der Waals surface area (Å²) in [5.74, 6) is -0.0291. The van der Waals surface area contributed by atoms with Crippen molar-refractivity contribution in [1.29, 1.82) is 0 Å². The Morgan fingerprint density at radius 2 is 2.10 bits per heavy atom. The predicted octanol–water partition coefficient (Wildman–Crippen LogP) is 1.74. The van der Waals surface area contributed by atoms with Crippen LogP contribution >= 0.6 is 22.6 Å². The zero-order chi connectivity index (χ0) is 14.1. The van der Waals surface area contributed by atoms with Crippen molar-refractivity contribution in [3.63, 3.8) is 0 Å². The lowest BCUT2D eigenvalue weighted by Gasteiger charge is -2.30. The van der Waals surface area contributed by atoms with Crippen molar-refractivity contribution >= 4 is 47.2 Å². The quantitative estimate of drug-likeness (QED) is 0.595. The fraction of sp³-hybridized carbons (Fsp3) is 0.429. The van der Waals surface area contributed by atoms with E-state index in [-0.39, 0.29) is 11.8 Å². The summed E-state index contributed by atoms with van der Waals surface area (Å²) in [5, 5.41) is 14.6. The van der Waals surface area contributed by atoms with Crippen LogP contribution in [0.1, 0.15) is 37.7 Å². The summed E-state index contributed by atoms with van der Waals surface area (Å²) in [6, 6.07) is 5.77. The highest BCUT2D eigenvalue weighted by Gasteiger charge is 2.36. The number of hydrazone groups is 1. The third kappa shape index (κ3) is 2.63. The maximum atomic E-state index is 12.5. The van der Waals surface area contributed by atoms with Gasteiger partial charge in [-0.25, -0.2) is 4.92 Å². The fourth-order valence-corrected chi connectivity index (χ4v) is 3.44. The number of hydrogen-bond acceptors (Lipinski definition) is 3. The number of halogens is 1. The summed E-state index contributed by atoms with van der Waals surface area (Å²) in [6.07, 6.45) is 6.90. The molecular formula is C14H16BIN2O2. The number of fused-ring (bicyclic) bond motifs is 1. The number of carbonyl (C=O) groups is 1. The van der Waals surface area contributed by atoms with Crippen molar-refractivity contribution in [3.8, 4) is 0 Å². The van der Waals surface area contributed by atoms with E-state index in [1.54, 1.807) is 6.21 Å². The third-order valence-electron chi connectivity index (χ3n) is 4.06. The molecular weight excluding hydrogens is 366 g/mol. The Bertz CT molecular complexity index is 558. The molecule has 1 aromatic rings. The molecule has 1 aliphatic carbocycles. The molecule has 0 radical (unpaired) electrons. The van der Waals surface area contributed by atoms with E-state index in [9.17, 15) is 9.82 Å². The van der Waals surface area contributed by atoms with Gasteiger partial charge in [0.2, 0.25) is 5.91 Å². The van der Waals surface area contributed by atoms with Crippen molar-refractivity contribution in [1.82, 2.24) is 4.92 Å². The van der Waals surface area contributed by atoms with Gasteiger partial charge in [-0.15, -0.1) is 0 Å². The summed E-state index contributed by atoms with van der Waals surface area (Å²) in [7, 11) is -0.957. The Kier molecular flexibility index (Phi) is 4.12. The van der Waals surface area contributed by atoms with Gasteiger partial charge in [0.05, 0.1) is 6.21 Å². The minimum Gasteiger partial charge on any atom is -0.427 e. The van der Waals surface area contributed by atoms with Gasteiger partial charge in [-0.2, -0.15) is 5.10 Å². The molecule has 1 aromatic carbocycles. The van der Waals surface area contributed by atoms with E-state index in [0.717, 1.165) is 40.3 Å². The van der Waals surface area contributed by atoms with Crippen LogP contribution in [0.2, 0.25) is 0 Å². The number of nitrogens with zero attached hydrogens (tertiary/aromatic N) is 2. The Hall–Kier alpha value is -0.885. The second-order valence-electron chi connectivity index (χ2n) is 5.41. The number of carbonyl (C=O) groups excluding carboxylic acids is 1. The van der Waals surface area contributed by atoms with Gasteiger partial charge < -0.3 is 5.02 Å². The van der Waals surface area contributed by atoms with Crippen LogP contribution in [0.25, 0.3) is 0 Å². The number of hydrogen-bond donors (Lipinski definition) is 1. The van der Waals surface area contributed by atoms with Crippen LogP contribution in [0.3, 0.4) is 0 Å². The van der Waals surface area contributed by atoms with Crippen LogP contribution in [0, 0.1) is 9.49 Å². The number of rotatable bonds is 1. The lowest BCUT2D eigenvalue weighted by atomic mass is 9.69. The van der Waals surface area contributed by atoms with Crippen LogP contribution in [-0.4, -0.2) is 29.1 Å². The average molecular weight is 382 g/mol. The Balaban J connectivity index is 1.83. The normalized spacial score (nSPS) is 19.1. The van der Waals surface area contributed by atoms with Crippen LogP contribution in [0.4, 0.5) is 0 Å². The molecule has 0 atom stereocenters. The Morgan fingerprint density at radius 3 is 2.85 bits per heavy atom. The summed E-state index contributed by atoms with van der Waals surface area (Å²) < 4.78 is 1.09. The Morgan fingerprint density at radius 1 is 1.35 bits per heavy atom. The first-order chi connectivity index (χ1) is 9.66. The molecule has 0 spiro atoms. The highest BCUT2D eigenvalue weighted by Crippen LogP contribution is 2.26. The molecule has 4 nitrogen and oxygen atoms in total. The minimum atomic E-state index is -0.957. The molecule has 20 heavy (non-hydrogen) atoms. The van der Waals surface area contributed by atoms with Gasteiger partial charge in [0.15, 0.2) is 0 Å². The van der Waals surface area contributed by atoms with Gasteiger partial charge >= 0.3 is 7.05 Å². The molecule has 0 saturated heterocycles. The summed E-state index contributed by atoms with van der Waals surface area (Å²) >= 11 is 2.22. The smallest absolute Gasteiger partial charge is 0.427 e. The van der Waals surface area contributed by atoms with E-state index in [0.29, 0.717) is 0 Å². The molecule has 1 N–H and O–H groups in total. The lowest BCUT2D eigenvalue weighted by Crippen LogP contribution is -2.54. The zero-order valence-corrected chi connectivity index (χ0v) is 13.3. The van der Waals surface area contributed by atoms with Crippen LogP contribution in [0.5, 0.6) is 0 Å². The number of benzene rings is 1. The largest absolute Gasteiger partial charge is 0.474 e. The first kappa shape index (κ1) is 14.1. The Labute approximate surface area is 132 Å². The predicted molar refractivity (Wildman–Crippen MR) is 87.8 cm³/mol. The summed E-state index contributed by atoms with van der Waals surface area (Å²) in [4.78, 5) is 13.7. The zero-order valence-electron chi connectivity index (χ0n) is 11.1. The average Bonchev–Trinajstić information content (AvgIpc) is 2.48. The van der Waals surface area contributed by atoms with Gasteiger partial charge in [0.1, 0.15) is 0 Å². The molecule has 2 aliphatic rings. The maximum absolute atomic E-state index is 12.5. The van der Waals surface area contributed by atoms with E-state index in [4.69, 9.17) is 0 Å². The highest BCUT2D eigenvalue weighted by molar-refractivity contribution is 14.1. The first-order valence-corrected chi connectivity index (χ1v) is 8.09. The minimum absolute atomic E-state index is 0.0148. The monoisotopic (exact) mass is 382 g/mol. The molecule has 1 amide bonds. The van der Waals surface area contributed by atoms with Gasteiger partial charge in [0.25, 0.3) is 0 Å². The molecule has 1 saturated carbocycles.